The highest BCUT2D eigenvalue weighted by Crippen LogP contribution is 2.11. The van der Waals surface area contributed by atoms with Gasteiger partial charge in [-0.25, -0.2) is 0 Å². The molecule has 8 N–H and O–H groups in total. The summed E-state index contributed by atoms with van der Waals surface area (Å²) < 4.78 is 0. The van der Waals surface area contributed by atoms with Gasteiger partial charge in [0.2, 0.25) is 17.7 Å². The van der Waals surface area contributed by atoms with Gasteiger partial charge in [0.15, 0.2) is 5.96 Å². The van der Waals surface area contributed by atoms with Crippen LogP contribution in [0.25, 0.3) is 0 Å². The van der Waals surface area contributed by atoms with Gasteiger partial charge in [0.05, 0.1) is 0 Å². The zero-order chi connectivity index (χ0) is 31.9. The maximum Gasteiger partial charge on any atom is 0.251 e. The topological polar surface area (TPSA) is 181 Å². The van der Waals surface area contributed by atoms with E-state index in [1.54, 1.807) is 68.4 Å². The molecule has 0 spiro atoms. The molecule has 0 heterocycles. The van der Waals surface area contributed by atoms with Gasteiger partial charge in [-0.2, -0.15) is 0 Å². The SMILES string of the molecule is CC(C)[C@H](NC(=O)[C@H](Cc1ccccc1)NC(=O)c1ccccc1)C(=O)N[C@H](CCCN=C(N)N)C(=O)Nc1ccccc1. The molecule has 0 aliphatic rings. The van der Waals surface area contributed by atoms with Crippen LogP contribution in [0.2, 0.25) is 0 Å². The Kier molecular flexibility index (Phi) is 12.9. The minimum atomic E-state index is -0.987. The number of nitrogens with one attached hydrogen (secondary N) is 4. The van der Waals surface area contributed by atoms with Gasteiger partial charge in [-0.3, -0.25) is 24.2 Å². The maximum absolute atomic E-state index is 13.6. The highest BCUT2D eigenvalue weighted by atomic mass is 16.2. The van der Waals surface area contributed by atoms with Crippen LogP contribution in [0.15, 0.2) is 96.0 Å². The van der Waals surface area contributed by atoms with Crippen LogP contribution in [0.1, 0.15) is 42.6 Å². The number of hydrogen-bond acceptors (Lipinski definition) is 5. The molecule has 0 unspecified atom stereocenters. The van der Waals surface area contributed by atoms with Crippen LogP contribution in [0.4, 0.5) is 5.69 Å². The molecule has 4 amide bonds. The lowest BCUT2D eigenvalue weighted by atomic mass is 10.00. The molecule has 44 heavy (non-hydrogen) atoms. The van der Waals surface area contributed by atoms with Gasteiger partial charge in [0.1, 0.15) is 18.1 Å². The van der Waals surface area contributed by atoms with Crippen molar-refractivity contribution in [2.24, 2.45) is 22.4 Å². The predicted octanol–water partition coefficient (Wildman–Crippen LogP) is 2.35. The average molecular weight is 600 g/mol. The summed E-state index contributed by atoms with van der Waals surface area (Å²) in [6.07, 6.45) is 0.892. The Hall–Kier alpha value is -5.19. The third kappa shape index (κ3) is 10.9. The number of hydrogen-bond donors (Lipinski definition) is 6. The Labute approximate surface area is 257 Å². The summed E-state index contributed by atoms with van der Waals surface area (Å²) in [7, 11) is 0. The quantitative estimate of drug-likeness (QED) is 0.0886. The Morgan fingerprint density at radius 2 is 1.30 bits per heavy atom. The van der Waals surface area contributed by atoms with Gasteiger partial charge in [-0.05, 0) is 48.6 Å². The molecule has 0 fully saturated rings. The summed E-state index contributed by atoms with van der Waals surface area (Å²) in [5, 5.41) is 11.3. The normalized spacial score (nSPS) is 12.7. The summed E-state index contributed by atoms with van der Waals surface area (Å²) in [4.78, 5) is 57.4. The first-order valence-corrected chi connectivity index (χ1v) is 14.6. The molecule has 3 rings (SSSR count). The van der Waals surface area contributed by atoms with Crippen molar-refractivity contribution in [2.45, 2.75) is 51.2 Å². The van der Waals surface area contributed by atoms with Gasteiger partial charge < -0.3 is 32.7 Å². The average Bonchev–Trinajstić information content (AvgIpc) is 3.01. The second-order valence-corrected chi connectivity index (χ2v) is 10.7. The number of aliphatic imine (C=N–C) groups is 1. The van der Waals surface area contributed by atoms with E-state index in [2.05, 4.69) is 26.3 Å². The summed E-state index contributed by atoms with van der Waals surface area (Å²) >= 11 is 0. The molecule has 11 nitrogen and oxygen atoms in total. The van der Waals surface area contributed by atoms with E-state index in [0.717, 1.165) is 5.56 Å². The molecule has 3 aromatic carbocycles. The van der Waals surface area contributed by atoms with Crippen molar-refractivity contribution in [1.29, 1.82) is 0 Å². The lowest BCUT2D eigenvalue weighted by Crippen LogP contribution is -2.58. The third-order valence-corrected chi connectivity index (χ3v) is 6.81. The largest absolute Gasteiger partial charge is 0.370 e. The molecule has 11 heteroatoms. The molecule has 232 valence electrons. The van der Waals surface area contributed by atoms with E-state index in [4.69, 9.17) is 11.5 Å². The fraction of sp³-hybridized carbons (Fsp3) is 0.303. The number of para-hydroxylation sites is 1. The zero-order valence-corrected chi connectivity index (χ0v) is 25.0. The molecule has 0 saturated carbocycles. The van der Waals surface area contributed by atoms with Crippen LogP contribution >= 0.6 is 0 Å². The van der Waals surface area contributed by atoms with E-state index >= 15 is 0 Å². The number of rotatable bonds is 15. The fourth-order valence-corrected chi connectivity index (χ4v) is 4.46. The number of nitrogens with zero attached hydrogens (tertiary/aromatic N) is 1. The first-order valence-electron chi connectivity index (χ1n) is 14.6. The number of anilines is 1. The van der Waals surface area contributed by atoms with Gasteiger partial charge in [0, 0.05) is 24.2 Å². The number of guanidine groups is 1. The van der Waals surface area contributed by atoms with Crippen molar-refractivity contribution in [3.63, 3.8) is 0 Å². The molecule has 0 radical (unpaired) electrons. The van der Waals surface area contributed by atoms with E-state index in [9.17, 15) is 19.2 Å². The van der Waals surface area contributed by atoms with Gasteiger partial charge in [0.25, 0.3) is 5.91 Å². The van der Waals surface area contributed by atoms with Crippen LogP contribution in [0, 0.1) is 5.92 Å². The molecular formula is C33H41N7O4. The predicted molar refractivity (Wildman–Crippen MR) is 172 cm³/mol. The molecule has 0 aromatic heterocycles. The Morgan fingerprint density at radius 1 is 0.705 bits per heavy atom. The standard InChI is InChI=1S/C33H41N7O4/c1-22(2)28(32(44)38-26(19-12-20-36-33(34)35)30(42)37-25-17-10-5-11-18-25)40-31(43)27(21-23-13-6-3-7-14-23)39-29(41)24-15-8-4-9-16-24/h3-11,13-18,22,26-28H,12,19-21H2,1-2H3,(H,37,42)(H,38,44)(H,39,41)(H,40,43)(H4,34,35,36)/t26-,27+,28+/m1/s1. The highest BCUT2D eigenvalue weighted by Gasteiger charge is 2.31. The monoisotopic (exact) mass is 599 g/mol. The smallest absolute Gasteiger partial charge is 0.251 e. The van der Waals surface area contributed by atoms with E-state index in [-0.39, 0.29) is 31.3 Å². The third-order valence-electron chi connectivity index (χ3n) is 6.81. The molecule has 3 aromatic rings. The molecule has 0 aliphatic heterocycles. The summed E-state index contributed by atoms with van der Waals surface area (Å²) in [6.45, 7) is 3.86. The lowest BCUT2D eigenvalue weighted by molar-refractivity contribution is -0.132. The Balaban J connectivity index is 1.77. The molecule has 0 aliphatic carbocycles. The van der Waals surface area contributed by atoms with Crippen molar-refractivity contribution >= 4 is 35.3 Å². The minimum Gasteiger partial charge on any atom is -0.370 e. The van der Waals surface area contributed by atoms with Crippen LogP contribution in [-0.4, -0.2) is 54.3 Å². The van der Waals surface area contributed by atoms with Crippen molar-refractivity contribution in [1.82, 2.24) is 16.0 Å². The van der Waals surface area contributed by atoms with Crippen molar-refractivity contribution < 1.29 is 19.2 Å². The molecule has 3 atom stereocenters. The van der Waals surface area contributed by atoms with Crippen LogP contribution < -0.4 is 32.7 Å². The van der Waals surface area contributed by atoms with E-state index in [1.165, 1.54) is 0 Å². The second kappa shape index (κ2) is 17.1. The van der Waals surface area contributed by atoms with E-state index in [1.807, 2.05) is 36.4 Å². The summed E-state index contributed by atoms with van der Waals surface area (Å²) in [5.74, 6) is -2.28. The number of carbonyl (C=O) groups excluding carboxylic acids is 4. The summed E-state index contributed by atoms with van der Waals surface area (Å²) in [6, 6.07) is 23.9. The van der Waals surface area contributed by atoms with E-state index in [0.29, 0.717) is 17.7 Å². The molecular weight excluding hydrogens is 558 g/mol. The van der Waals surface area contributed by atoms with Gasteiger partial charge in [-0.15, -0.1) is 0 Å². The second-order valence-electron chi connectivity index (χ2n) is 10.7. The van der Waals surface area contributed by atoms with Crippen LogP contribution in [0.5, 0.6) is 0 Å². The van der Waals surface area contributed by atoms with Gasteiger partial charge in [-0.1, -0.05) is 80.6 Å². The molecule has 0 saturated heterocycles. The lowest BCUT2D eigenvalue weighted by Gasteiger charge is -2.27. The van der Waals surface area contributed by atoms with Crippen molar-refractivity contribution in [2.75, 3.05) is 11.9 Å². The first kappa shape index (κ1) is 33.3. The fourth-order valence-electron chi connectivity index (χ4n) is 4.46. The Morgan fingerprint density at radius 3 is 1.89 bits per heavy atom. The minimum absolute atomic E-state index is 0.0636. The van der Waals surface area contributed by atoms with Crippen molar-refractivity contribution in [3.05, 3.63) is 102 Å². The molecule has 0 bridgehead atoms. The maximum atomic E-state index is 13.6. The number of nitrogens with two attached hydrogens (primary N) is 2. The number of benzene rings is 3. The first-order chi connectivity index (χ1) is 21.1. The van der Waals surface area contributed by atoms with Crippen LogP contribution in [0.3, 0.4) is 0 Å². The summed E-state index contributed by atoms with van der Waals surface area (Å²) in [5.41, 5.74) is 12.7. The van der Waals surface area contributed by atoms with Crippen molar-refractivity contribution in [3.8, 4) is 0 Å². The zero-order valence-electron chi connectivity index (χ0n) is 25.0. The highest BCUT2D eigenvalue weighted by molar-refractivity contribution is 6.00. The Bertz CT molecular complexity index is 1400. The van der Waals surface area contributed by atoms with Crippen LogP contribution in [-0.2, 0) is 20.8 Å². The van der Waals surface area contributed by atoms with Gasteiger partial charge >= 0.3 is 0 Å². The number of amides is 4. The number of carbonyl (C=O) groups is 4. The van der Waals surface area contributed by atoms with E-state index < -0.39 is 41.8 Å².